The lowest BCUT2D eigenvalue weighted by atomic mass is 9.94. The molecule has 1 aromatic carbocycles. The van der Waals surface area contributed by atoms with Gasteiger partial charge in [-0.05, 0) is 43.5 Å². The summed E-state index contributed by atoms with van der Waals surface area (Å²) in [5, 5.41) is 7.37. The van der Waals surface area contributed by atoms with Gasteiger partial charge in [0.25, 0.3) is 5.91 Å². The molecule has 2 aromatic rings. The molecule has 0 atom stereocenters. The van der Waals surface area contributed by atoms with Crippen molar-refractivity contribution in [1.82, 2.24) is 15.1 Å². The molecule has 138 valence electrons. The number of halogens is 2. The van der Waals surface area contributed by atoms with Crippen LogP contribution in [0.5, 0.6) is 0 Å². The quantitative estimate of drug-likeness (QED) is 0.702. The Morgan fingerprint density at radius 1 is 1.24 bits per heavy atom. The number of carbonyl (C=O) groups is 1. The molecule has 0 aliphatic heterocycles. The second kappa shape index (κ2) is 9.36. The zero-order valence-corrected chi connectivity index (χ0v) is 17.3. The van der Waals surface area contributed by atoms with E-state index in [4.69, 9.17) is 5.73 Å². The Kier molecular flexibility index (Phi) is 8.12. The predicted molar refractivity (Wildman–Crippen MR) is 108 cm³/mol. The number of benzene rings is 1. The monoisotopic (exact) mass is 428 g/mol. The van der Waals surface area contributed by atoms with Crippen LogP contribution < -0.4 is 11.1 Å². The molecule has 7 heteroatoms. The van der Waals surface area contributed by atoms with E-state index in [1.165, 1.54) is 0 Å². The molecule has 0 aliphatic rings. The minimum absolute atomic E-state index is 0. The van der Waals surface area contributed by atoms with Crippen molar-refractivity contribution in [2.24, 2.45) is 5.73 Å². The highest BCUT2D eigenvalue weighted by Crippen LogP contribution is 2.19. The molecule has 1 aromatic heterocycles. The molecule has 1 amide bonds. The first-order valence-corrected chi connectivity index (χ1v) is 9.13. The summed E-state index contributed by atoms with van der Waals surface area (Å²) in [5.74, 6) is -0.119. The van der Waals surface area contributed by atoms with Crippen LogP contribution in [0.4, 0.5) is 0 Å². The molecular weight excluding hydrogens is 404 g/mol. The third kappa shape index (κ3) is 5.06. The van der Waals surface area contributed by atoms with Gasteiger partial charge in [0.15, 0.2) is 0 Å². The Morgan fingerprint density at radius 3 is 2.36 bits per heavy atom. The van der Waals surface area contributed by atoms with Gasteiger partial charge >= 0.3 is 0 Å². The van der Waals surface area contributed by atoms with Crippen molar-refractivity contribution >= 4 is 34.2 Å². The lowest BCUT2D eigenvalue weighted by Gasteiger charge is -2.26. The highest BCUT2D eigenvalue weighted by Gasteiger charge is 2.23. The number of hydrogen-bond acceptors (Lipinski definition) is 3. The first-order chi connectivity index (χ1) is 11.4. The van der Waals surface area contributed by atoms with Crippen LogP contribution in [0.3, 0.4) is 0 Å². The summed E-state index contributed by atoms with van der Waals surface area (Å²) >= 11 is 3.43. The van der Waals surface area contributed by atoms with E-state index in [9.17, 15) is 4.79 Å². The summed E-state index contributed by atoms with van der Waals surface area (Å²) in [5.41, 5.74) is 8.34. The average molecular weight is 430 g/mol. The summed E-state index contributed by atoms with van der Waals surface area (Å²) in [4.78, 5) is 12.6. The number of amides is 1. The molecule has 0 saturated carbocycles. The van der Waals surface area contributed by atoms with Crippen LogP contribution in [-0.2, 0) is 6.42 Å². The SMILES string of the molecule is CCc1c(C(=O)NCC(N)(CC)CC)cnn1-c1ccc(Br)cc1.Cl. The van der Waals surface area contributed by atoms with E-state index in [0.717, 1.165) is 28.7 Å². The van der Waals surface area contributed by atoms with E-state index in [1.54, 1.807) is 6.20 Å². The molecule has 0 fully saturated rings. The molecule has 2 rings (SSSR count). The van der Waals surface area contributed by atoms with Crippen LogP contribution in [0.1, 0.15) is 49.7 Å². The Balaban J connectivity index is 0.00000312. The fraction of sp³-hybridized carbons (Fsp3) is 0.444. The fourth-order valence-corrected chi connectivity index (χ4v) is 2.82. The summed E-state index contributed by atoms with van der Waals surface area (Å²) in [6.07, 6.45) is 3.99. The molecule has 3 N–H and O–H groups in total. The molecule has 5 nitrogen and oxygen atoms in total. The molecular formula is C18H26BrClN4O. The highest BCUT2D eigenvalue weighted by molar-refractivity contribution is 9.10. The summed E-state index contributed by atoms with van der Waals surface area (Å²) in [6.45, 7) is 6.57. The van der Waals surface area contributed by atoms with Gasteiger partial charge in [-0.15, -0.1) is 12.4 Å². The lowest BCUT2D eigenvalue weighted by molar-refractivity contribution is 0.0941. The molecule has 0 saturated heterocycles. The maximum atomic E-state index is 12.6. The second-order valence-corrected chi connectivity index (χ2v) is 6.91. The van der Waals surface area contributed by atoms with Crippen LogP contribution in [0, 0.1) is 0 Å². The number of nitrogens with zero attached hydrogens (tertiary/aromatic N) is 2. The van der Waals surface area contributed by atoms with Crippen molar-refractivity contribution in [3.8, 4) is 5.69 Å². The molecule has 0 aliphatic carbocycles. The van der Waals surface area contributed by atoms with Crippen LogP contribution >= 0.6 is 28.3 Å². The zero-order chi connectivity index (χ0) is 17.7. The minimum Gasteiger partial charge on any atom is -0.350 e. The number of rotatable bonds is 7. The van der Waals surface area contributed by atoms with Gasteiger partial charge in [0.1, 0.15) is 0 Å². The number of nitrogens with two attached hydrogens (primary N) is 1. The van der Waals surface area contributed by atoms with Gasteiger partial charge in [-0.25, -0.2) is 4.68 Å². The van der Waals surface area contributed by atoms with Crippen LogP contribution in [0.25, 0.3) is 5.69 Å². The van der Waals surface area contributed by atoms with E-state index in [1.807, 2.05) is 49.7 Å². The number of aromatic nitrogens is 2. The smallest absolute Gasteiger partial charge is 0.254 e. The Morgan fingerprint density at radius 2 is 1.84 bits per heavy atom. The van der Waals surface area contributed by atoms with Crippen molar-refractivity contribution in [2.75, 3.05) is 6.54 Å². The summed E-state index contributed by atoms with van der Waals surface area (Å²) < 4.78 is 2.82. The van der Waals surface area contributed by atoms with Crippen LogP contribution in [0.15, 0.2) is 34.9 Å². The zero-order valence-electron chi connectivity index (χ0n) is 14.9. The second-order valence-electron chi connectivity index (χ2n) is 6.00. The van der Waals surface area contributed by atoms with E-state index in [-0.39, 0.29) is 23.9 Å². The third-order valence-electron chi connectivity index (χ3n) is 4.53. The summed E-state index contributed by atoms with van der Waals surface area (Å²) in [6, 6.07) is 7.86. The molecule has 1 heterocycles. The van der Waals surface area contributed by atoms with E-state index >= 15 is 0 Å². The van der Waals surface area contributed by atoms with Gasteiger partial charge in [-0.2, -0.15) is 5.10 Å². The molecule has 0 spiro atoms. The van der Waals surface area contributed by atoms with Crippen molar-refractivity contribution < 1.29 is 4.79 Å². The van der Waals surface area contributed by atoms with E-state index in [2.05, 4.69) is 26.3 Å². The first kappa shape index (κ1) is 21.7. The van der Waals surface area contributed by atoms with Gasteiger partial charge in [0.2, 0.25) is 0 Å². The van der Waals surface area contributed by atoms with Gasteiger partial charge in [0.05, 0.1) is 23.1 Å². The number of carbonyl (C=O) groups excluding carboxylic acids is 1. The molecule has 0 unspecified atom stereocenters. The minimum atomic E-state index is -0.357. The molecule has 25 heavy (non-hydrogen) atoms. The van der Waals surface area contributed by atoms with Gasteiger partial charge < -0.3 is 11.1 Å². The Bertz CT molecular complexity index is 696. The normalized spacial score (nSPS) is 11.1. The number of hydrogen-bond donors (Lipinski definition) is 2. The number of nitrogens with one attached hydrogen (secondary N) is 1. The Labute approximate surface area is 163 Å². The highest BCUT2D eigenvalue weighted by atomic mass is 79.9. The standard InChI is InChI=1S/C18H25BrN4O.ClH/c1-4-16-15(17(24)21-12-18(20,5-2)6-3)11-22-23(16)14-9-7-13(19)8-10-14;/h7-11H,4-6,12,20H2,1-3H3,(H,21,24);1H. The van der Waals surface area contributed by atoms with Crippen molar-refractivity contribution in [3.63, 3.8) is 0 Å². The van der Waals surface area contributed by atoms with Gasteiger partial charge in [0, 0.05) is 16.6 Å². The van der Waals surface area contributed by atoms with Crippen LogP contribution in [0.2, 0.25) is 0 Å². The average Bonchev–Trinajstić information content (AvgIpc) is 3.04. The third-order valence-corrected chi connectivity index (χ3v) is 5.06. The van der Waals surface area contributed by atoms with Gasteiger partial charge in [-0.1, -0.05) is 36.7 Å². The van der Waals surface area contributed by atoms with E-state index in [0.29, 0.717) is 18.5 Å². The first-order valence-electron chi connectivity index (χ1n) is 8.34. The predicted octanol–water partition coefficient (Wildman–Crippen LogP) is 3.87. The lowest BCUT2D eigenvalue weighted by Crippen LogP contribution is -2.49. The maximum absolute atomic E-state index is 12.6. The Hall–Kier alpha value is -1.37. The van der Waals surface area contributed by atoms with Crippen LogP contribution in [-0.4, -0.2) is 27.8 Å². The summed E-state index contributed by atoms with van der Waals surface area (Å²) in [7, 11) is 0. The molecule has 0 radical (unpaired) electrons. The van der Waals surface area contributed by atoms with Crippen molar-refractivity contribution in [1.29, 1.82) is 0 Å². The van der Waals surface area contributed by atoms with Gasteiger partial charge in [-0.3, -0.25) is 4.79 Å². The van der Waals surface area contributed by atoms with Crippen molar-refractivity contribution in [2.45, 2.75) is 45.6 Å². The van der Waals surface area contributed by atoms with E-state index < -0.39 is 0 Å². The molecule has 0 bridgehead atoms. The van der Waals surface area contributed by atoms with Crippen molar-refractivity contribution in [3.05, 3.63) is 46.2 Å². The fourth-order valence-electron chi connectivity index (χ4n) is 2.56. The largest absolute Gasteiger partial charge is 0.350 e. The topological polar surface area (TPSA) is 72.9 Å². The maximum Gasteiger partial charge on any atom is 0.254 e.